The van der Waals surface area contributed by atoms with Gasteiger partial charge in [-0.15, -0.1) is 10.2 Å². The fourth-order valence-electron chi connectivity index (χ4n) is 3.37. The van der Waals surface area contributed by atoms with Crippen LogP contribution < -0.4 is 5.32 Å². The largest absolute Gasteiger partial charge is 0.507 e. The molecule has 0 bridgehead atoms. The number of phenolic OH excluding ortho intramolecular Hbond substituents is 1. The average molecular weight is 384 g/mol. The van der Waals surface area contributed by atoms with Crippen LogP contribution in [0.25, 0.3) is 11.3 Å². The molecule has 1 aliphatic rings. The second kappa shape index (κ2) is 7.30. The predicted molar refractivity (Wildman–Crippen MR) is 93.3 cm³/mol. The van der Waals surface area contributed by atoms with Gasteiger partial charge in [0.15, 0.2) is 0 Å². The fraction of sp³-hybridized carbons (Fsp3) is 0.444. The number of halogens is 4. The maximum atomic E-state index is 13.7. The van der Waals surface area contributed by atoms with Crippen LogP contribution in [0, 0.1) is 6.92 Å². The van der Waals surface area contributed by atoms with E-state index in [1.165, 1.54) is 6.92 Å². The number of aromatic nitrogens is 2. The molecule has 0 unspecified atom stereocenters. The minimum absolute atomic E-state index is 0.111. The number of hydrogen-bond acceptors (Lipinski definition) is 5. The highest BCUT2D eigenvalue weighted by Crippen LogP contribution is 2.38. The van der Waals surface area contributed by atoms with Crippen LogP contribution in [0.4, 0.5) is 23.4 Å². The Bertz CT molecular complexity index is 777. The van der Waals surface area contributed by atoms with Gasteiger partial charge in [0.2, 0.25) is 0 Å². The van der Waals surface area contributed by atoms with Crippen molar-refractivity contribution in [2.45, 2.75) is 31.7 Å². The number of phenols is 1. The van der Waals surface area contributed by atoms with Gasteiger partial charge in [-0.1, -0.05) is 0 Å². The second-order valence-corrected chi connectivity index (χ2v) is 6.88. The van der Waals surface area contributed by atoms with Crippen LogP contribution in [0.1, 0.15) is 17.5 Å². The molecule has 2 heterocycles. The van der Waals surface area contributed by atoms with Crippen molar-refractivity contribution in [2.24, 2.45) is 0 Å². The highest BCUT2D eigenvalue weighted by atomic mass is 19.4. The first-order chi connectivity index (χ1) is 12.6. The SMILES string of the molecule is Cc1cc(C(F)(F)F)cc(O)c1-c1ccc(N[C@@H]2C[C@@H](F)CN(C)C2)nn1. The maximum absolute atomic E-state index is 13.7. The topological polar surface area (TPSA) is 61.3 Å². The fourth-order valence-corrected chi connectivity index (χ4v) is 3.37. The standard InChI is InChI=1S/C18H20F4N4O/c1-10-5-11(18(20,21)22)6-15(27)17(10)14-3-4-16(25-24-14)23-13-7-12(19)8-26(2)9-13/h3-6,12-13,27H,7-9H2,1-2H3,(H,23,25)/t12-,13-/m1/s1. The molecule has 1 aliphatic heterocycles. The second-order valence-electron chi connectivity index (χ2n) is 6.88. The first-order valence-electron chi connectivity index (χ1n) is 8.47. The zero-order valence-corrected chi connectivity index (χ0v) is 14.9. The molecule has 2 aromatic rings. The van der Waals surface area contributed by atoms with Gasteiger partial charge in [0.05, 0.1) is 11.3 Å². The van der Waals surface area contributed by atoms with Gasteiger partial charge in [-0.3, -0.25) is 0 Å². The molecule has 27 heavy (non-hydrogen) atoms. The molecular formula is C18H20F4N4O. The molecule has 0 saturated carbocycles. The normalized spacial score (nSPS) is 21.3. The van der Waals surface area contributed by atoms with Gasteiger partial charge in [0.1, 0.15) is 17.7 Å². The third-order valence-electron chi connectivity index (χ3n) is 4.50. The van der Waals surface area contributed by atoms with E-state index in [0.29, 0.717) is 31.4 Å². The lowest BCUT2D eigenvalue weighted by atomic mass is 10.0. The highest BCUT2D eigenvalue weighted by molar-refractivity contribution is 5.71. The van der Waals surface area contributed by atoms with E-state index in [2.05, 4.69) is 15.5 Å². The summed E-state index contributed by atoms with van der Waals surface area (Å²) in [6, 6.07) is 4.70. The minimum atomic E-state index is -4.54. The van der Waals surface area contributed by atoms with Crippen LogP contribution in [0.15, 0.2) is 24.3 Å². The summed E-state index contributed by atoms with van der Waals surface area (Å²) in [4.78, 5) is 1.89. The molecule has 0 spiro atoms. The Kier molecular flexibility index (Phi) is 5.23. The summed E-state index contributed by atoms with van der Waals surface area (Å²) in [6.07, 6.45) is -5.09. The number of alkyl halides is 4. The van der Waals surface area contributed by atoms with Crippen molar-refractivity contribution in [3.8, 4) is 17.0 Å². The molecule has 1 aromatic heterocycles. The number of nitrogens with one attached hydrogen (secondary N) is 1. The lowest BCUT2D eigenvalue weighted by molar-refractivity contribution is -0.137. The predicted octanol–water partition coefficient (Wildman–Crippen LogP) is 3.63. The third-order valence-corrected chi connectivity index (χ3v) is 4.50. The Balaban J connectivity index is 1.79. The van der Waals surface area contributed by atoms with Crippen LogP contribution in [0.5, 0.6) is 5.75 Å². The lowest BCUT2D eigenvalue weighted by Crippen LogP contribution is -2.45. The van der Waals surface area contributed by atoms with E-state index in [4.69, 9.17) is 0 Å². The Morgan fingerprint density at radius 2 is 1.93 bits per heavy atom. The number of likely N-dealkylation sites (tertiary alicyclic amines) is 1. The van der Waals surface area contributed by atoms with E-state index < -0.39 is 23.7 Å². The van der Waals surface area contributed by atoms with Gasteiger partial charge in [-0.2, -0.15) is 13.2 Å². The first kappa shape index (κ1) is 19.3. The number of piperidine rings is 1. The maximum Gasteiger partial charge on any atom is 0.416 e. The molecule has 5 nitrogen and oxygen atoms in total. The van der Waals surface area contributed by atoms with Crippen molar-refractivity contribution in [3.63, 3.8) is 0 Å². The number of aryl methyl sites for hydroxylation is 1. The molecule has 1 aromatic carbocycles. The average Bonchev–Trinajstić information content (AvgIpc) is 2.54. The van der Waals surface area contributed by atoms with Gasteiger partial charge in [-0.05, 0) is 43.8 Å². The Labute approximate surface area is 154 Å². The van der Waals surface area contributed by atoms with Crippen molar-refractivity contribution in [1.82, 2.24) is 15.1 Å². The summed E-state index contributed by atoms with van der Waals surface area (Å²) < 4.78 is 52.2. The number of benzene rings is 1. The van der Waals surface area contributed by atoms with Gasteiger partial charge in [0.25, 0.3) is 0 Å². The number of anilines is 1. The number of likely N-dealkylation sites (N-methyl/N-ethyl adjacent to an activating group) is 1. The van der Waals surface area contributed by atoms with E-state index in [1.54, 1.807) is 12.1 Å². The van der Waals surface area contributed by atoms with Crippen molar-refractivity contribution in [2.75, 3.05) is 25.5 Å². The van der Waals surface area contributed by atoms with Gasteiger partial charge in [-0.25, -0.2) is 4.39 Å². The molecule has 0 amide bonds. The van der Waals surface area contributed by atoms with Gasteiger partial charge in [0, 0.05) is 31.1 Å². The van der Waals surface area contributed by atoms with Crippen LogP contribution in [-0.2, 0) is 6.18 Å². The van der Waals surface area contributed by atoms with E-state index in [0.717, 1.165) is 6.07 Å². The summed E-state index contributed by atoms with van der Waals surface area (Å²) in [5, 5.41) is 21.2. The Hall–Kier alpha value is -2.42. The van der Waals surface area contributed by atoms with Gasteiger partial charge >= 0.3 is 6.18 Å². The van der Waals surface area contributed by atoms with Crippen LogP contribution in [-0.4, -0.2) is 52.6 Å². The van der Waals surface area contributed by atoms with E-state index in [-0.39, 0.29) is 22.9 Å². The molecule has 3 rings (SSSR count). The number of nitrogens with zero attached hydrogens (tertiary/aromatic N) is 3. The van der Waals surface area contributed by atoms with Gasteiger partial charge < -0.3 is 15.3 Å². The summed E-state index contributed by atoms with van der Waals surface area (Å²) in [7, 11) is 1.84. The molecule has 1 saturated heterocycles. The zero-order valence-electron chi connectivity index (χ0n) is 14.9. The molecule has 1 fully saturated rings. The molecule has 0 aliphatic carbocycles. The lowest BCUT2D eigenvalue weighted by Gasteiger charge is -2.32. The van der Waals surface area contributed by atoms with Crippen molar-refractivity contribution >= 4 is 5.82 Å². The van der Waals surface area contributed by atoms with Crippen molar-refractivity contribution in [3.05, 3.63) is 35.4 Å². The summed E-state index contributed by atoms with van der Waals surface area (Å²) >= 11 is 0. The zero-order chi connectivity index (χ0) is 19.8. The summed E-state index contributed by atoms with van der Waals surface area (Å²) in [6.45, 7) is 2.54. The Morgan fingerprint density at radius 3 is 2.48 bits per heavy atom. The minimum Gasteiger partial charge on any atom is -0.507 e. The summed E-state index contributed by atoms with van der Waals surface area (Å²) in [5.41, 5.74) is -0.224. The molecule has 2 atom stereocenters. The van der Waals surface area contributed by atoms with Crippen molar-refractivity contribution in [1.29, 1.82) is 0 Å². The molecule has 146 valence electrons. The Morgan fingerprint density at radius 1 is 1.19 bits per heavy atom. The van der Waals surface area contributed by atoms with Crippen LogP contribution >= 0.6 is 0 Å². The molecule has 0 radical (unpaired) electrons. The van der Waals surface area contributed by atoms with Crippen LogP contribution in [0.3, 0.4) is 0 Å². The third kappa shape index (κ3) is 4.47. The van der Waals surface area contributed by atoms with E-state index in [9.17, 15) is 22.7 Å². The molecular weight excluding hydrogens is 364 g/mol. The quantitative estimate of drug-likeness (QED) is 0.792. The molecule has 9 heteroatoms. The van der Waals surface area contributed by atoms with Crippen LogP contribution in [0.2, 0.25) is 0 Å². The monoisotopic (exact) mass is 384 g/mol. The van der Waals surface area contributed by atoms with Crippen molar-refractivity contribution < 1.29 is 22.7 Å². The smallest absolute Gasteiger partial charge is 0.416 e. The first-order valence-corrected chi connectivity index (χ1v) is 8.47. The number of rotatable bonds is 3. The van der Waals surface area contributed by atoms with E-state index >= 15 is 0 Å². The van der Waals surface area contributed by atoms with E-state index in [1.807, 2.05) is 11.9 Å². The number of aromatic hydroxyl groups is 1. The summed E-state index contributed by atoms with van der Waals surface area (Å²) in [5.74, 6) is -0.0678. The highest BCUT2D eigenvalue weighted by Gasteiger charge is 2.32. The number of hydrogen-bond donors (Lipinski definition) is 2. The molecule has 2 N–H and O–H groups in total.